The van der Waals surface area contributed by atoms with Crippen molar-refractivity contribution in [2.75, 3.05) is 14.1 Å². The smallest absolute Gasteiger partial charge is 0.268 e. The van der Waals surface area contributed by atoms with E-state index < -0.39 is 15.9 Å². The van der Waals surface area contributed by atoms with Gasteiger partial charge in [0.15, 0.2) is 0 Å². The summed E-state index contributed by atoms with van der Waals surface area (Å²) in [6.07, 6.45) is 4.29. The molecule has 1 amide bonds. The van der Waals surface area contributed by atoms with Gasteiger partial charge in [-0.3, -0.25) is 10.0 Å². The minimum Gasteiger partial charge on any atom is -0.305 e. The van der Waals surface area contributed by atoms with Gasteiger partial charge in [0.25, 0.3) is 15.9 Å². The summed E-state index contributed by atoms with van der Waals surface area (Å²) in [7, 11) is 0.0904. The van der Waals surface area contributed by atoms with Crippen LogP contribution in [-0.2, 0) is 21.4 Å². The largest absolute Gasteiger partial charge is 0.305 e. The molecule has 3 aromatic rings. The van der Waals surface area contributed by atoms with Crippen molar-refractivity contribution in [3.63, 3.8) is 0 Å². The number of hydrogen-bond donors (Lipinski definition) is 2. The summed E-state index contributed by atoms with van der Waals surface area (Å²) in [6.45, 7) is 0.625. The summed E-state index contributed by atoms with van der Waals surface area (Å²) in [5, 5.41) is 9.39. The van der Waals surface area contributed by atoms with Gasteiger partial charge in [0.1, 0.15) is 0 Å². The molecule has 1 aromatic heterocycles. The molecule has 0 unspecified atom stereocenters. The van der Waals surface area contributed by atoms with Crippen molar-refractivity contribution >= 4 is 32.9 Å². The van der Waals surface area contributed by atoms with Crippen LogP contribution >= 0.6 is 0 Å². The molecule has 7 nitrogen and oxygen atoms in total. The van der Waals surface area contributed by atoms with E-state index in [4.69, 9.17) is 5.21 Å². The van der Waals surface area contributed by atoms with E-state index in [1.807, 2.05) is 37.2 Å². The van der Waals surface area contributed by atoms with Gasteiger partial charge in [0.05, 0.1) is 10.4 Å². The lowest BCUT2D eigenvalue weighted by Crippen LogP contribution is -2.14. The topological polar surface area (TPSA) is 91.6 Å². The van der Waals surface area contributed by atoms with Gasteiger partial charge in [-0.1, -0.05) is 30.3 Å². The van der Waals surface area contributed by atoms with Crippen molar-refractivity contribution < 1.29 is 18.4 Å². The highest BCUT2D eigenvalue weighted by molar-refractivity contribution is 7.90. The zero-order chi connectivity index (χ0) is 20.3. The van der Waals surface area contributed by atoms with E-state index in [2.05, 4.69) is 0 Å². The minimum atomic E-state index is -3.78. The molecule has 28 heavy (non-hydrogen) atoms. The number of carbonyl (C=O) groups is 1. The van der Waals surface area contributed by atoms with Crippen molar-refractivity contribution in [2.24, 2.45) is 0 Å². The molecule has 8 heteroatoms. The molecule has 1 heterocycles. The molecule has 0 saturated carbocycles. The van der Waals surface area contributed by atoms with Crippen LogP contribution in [0.5, 0.6) is 0 Å². The van der Waals surface area contributed by atoms with Gasteiger partial charge >= 0.3 is 0 Å². The summed E-state index contributed by atoms with van der Waals surface area (Å²) in [5.74, 6) is -0.663. The monoisotopic (exact) mass is 399 g/mol. The normalized spacial score (nSPS) is 12.1. The third-order valence-electron chi connectivity index (χ3n) is 4.22. The Morgan fingerprint density at radius 3 is 2.46 bits per heavy atom. The van der Waals surface area contributed by atoms with Crippen LogP contribution in [0.2, 0.25) is 0 Å². The van der Waals surface area contributed by atoms with Gasteiger partial charge in [-0.25, -0.2) is 17.9 Å². The number of hydrogen-bond acceptors (Lipinski definition) is 5. The van der Waals surface area contributed by atoms with E-state index in [0.717, 1.165) is 17.0 Å². The first-order chi connectivity index (χ1) is 13.3. The number of benzene rings is 2. The van der Waals surface area contributed by atoms with Gasteiger partial charge in [0.2, 0.25) is 0 Å². The molecule has 0 aliphatic carbocycles. The van der Waals surface area contributed by atoms with Crippen LogP contribution in [0, 0.1) is 0 Å². The summed E-state index contributed by atoms with van der Waals surface area (Å²) in [4.78, 5) is 13.2. The minimum absolute atomic E-state index is 0.147. The molecule has 0 saturated heterocycles. The number of nitrogens with zero attached hydrogens (tertiary/aromatic N) is 2. The van der Waals surface area contributed by atoms with Crippen molar-refractivity contribution in [1.29, 1.82) is 0 Å². The zero-order valence-corrected chi connectivity index (χ0v) is 16.3. The van der Waals surface area contributed by atoms with Gasteiger partial charge in [-0.15, -0.1) is 0 Å². The summed E-state index contributed by atoms with van der Waals surface area (Å²) >= 11 is 0. The molecule has 0 aliphatic rings. The summed E-state index contributed by atoms with van der Waals surface area (Å²) in [5.41, 5.74) is 3.69. The number of hydroxylamine groups is 1. The fourth-order valence-corrected chi connectivity index (χ4v) is 4.35. The fourth-order valence-electron chi connectivity index (χ4n) is 2.96. The highest BCUT2D eigenvalue weighted by Gasteiger charge is 2.21. The second-order valence-electron chi connectivity index (χ2n) is 6.59. The van der Waals surface area contributed by atoms with Crippen LogP contribution in [-0.4, -0.2) is 42.5 Å². The fraction of sp³-hybridized carbons (Fsp3) is 0.150. The number of amides is 1. The third kappa shape index (κ3) is 3.99. The van der Waals surface area contributed by atoms with E-state index in [0.29, 0.717) is 17.6 Å². The van der Waals surface area contributed by atoms with Crippen molar-refractivity contribution in [3.8, 4) is 0 Å². The maximum atomic E-state index is 13.2. The standard InChI is InChI=1S/C20H21N3O4S/c1-22(2)13-16-14-23(19-6-4-3-5-18(16)19)28(26,27)17-10-7-15(8-11-17)9-12-20(24)21-25/h3-12,14,25H,13H2,1-2H3,(H,21,24)/b12-9+. The molecule has 2 aromatic carbocycles. The molecule has 2 N–H and O–H groups in total. The van der Waals surface area contributed by atoms with Gasteiger partial charge in [-0.2, -0.15) is 0 Å². The quantitative estimate of drug-likeness (QED) is 0.377. The number of rotatable bonds is 6. The van der Waals surface area contributed by atoms with Crippen LogP contribution in [0.1, 0.15) is 11.1 Å². The Morgan fingerprint density at radius 2 is 1.82 bits per heavy atom. The molecular formula is C20H21N3O4S. The van der Waals surface area contributed by atoms with Gasteiger partial charge in [0, 0.05) is 24.2 Å². The number of nitrogens with one attached hydrogen (secondary N) is 1. The molecule has 0 aliphatic heterocycles. The summed E-state index contributed by atoms with van der Waals surface area (Å²) < 4.78 is 27.7. The Kier molecular flexibility index (Phi) is 5.64. The van der Waals surface area contributed by atoms with Gasteiger partial charge < -0.3 is 4.90 Å². The predicted molar refractivity (Wildman–Crippen MR) is 107 cm³/mol. The molecule has 0 radical (unpaired) electrons. The molecular weight excluding hydrogens is 378 g/mol. The van der Waals surface area contributed by atoms with Gasteiger partial charge in [-0.05, 0) is 49.5 Å². The maximum Gasteiger partial charge on any atom is 0.268 e. The lowest BCUT2D eigenvalue weighted by molar-refractivity contribution is -0.124. The molecule has 0 fully saturated rings. The third-order valence-corrected chi connectivity index (χ3v) is 5.91. The predicted octanol–water partition coefficient (Wildman–Crippen LogP) is 2.46. The molecule has 0 bridgehead atoms. The Balaban J connectivity index is 2.01. The molecule has 0 atom stereocenters. The van der Waals surface area contributed by atoms with Crippen LogP contribution in [0.4, 0.5) is 0 Å². The molecule has 0 spiro atoms. The lowest BCUT2D eigenvalue weighted by Gasteiger charge is -2.08. The summed E-state index contributed by atoms with van der Waals surface area (Å²) in [6, 6.07) is 13.6. The van der Waals surface area contributed by atoms with Crippen molar-refractivity contribution in [1.82, 2.24) is 14.4 Å². The average molecular weight is 399 g/mol. The number of aromatic nitrogens is 1. The van der Waals surface area contributed by atoms with Crippen LogP contribution in [0.15, 0.2) is 65.7 Å². The second kappa shape index (κ2) is 7.97. The van der Waals surface area contributed by atoms with Crippen LogP contribution in [0.3, 0.4) is 0 Å². The number of para-hydroxylation sites is 1. The highest BCUT2D eigenvalue weighted by atomic mass is 32.2. The zero-order valence-electron chi connectivity index (χ0n) is 15.5. The van der Waals surface area contributed by atoms with E-state index in [1.165, 1.54) is 27.7 Å². The SMILES string of the molecule is CN(C)Cc1cn(S(=O)(=O)c2ccc(/C=C/C(=O)NO)cc2)c2ccccc12. The van der Waals surface area contributed by atoms with Crippen molar-refractivity contribution in [3.05, 3.63) is 71.9 Å². The average Bonchev–Trinajstić information content (AvgIpc) is 3.05. The Labute approximate surface area is 163 Å². The first-order valence-electron chi connectivity index (χ1n) is 8.54. The van der Waals surface area contributed by atoms with Crippen molar-refractivity contribution in [2.45, 2.75) is 11.4 Å². The molecule has 3 rings (SSSR count). The van der Waals surface area contributed by atoms with E-state index >= 15 is 0 Å². The highest BCUT2D eigenvalue weighted by Crippen LogP contribution is 2.27. The van der Waals surface area contributed by atoms with Crippen LogP contribution < -0.4 is 5.48 Å². The molecule has 146 valence electrons. The second-order valence-corrected chi connectivity index (χ2v) is 8.40. The van der Waals surface area contributed by atoms with Crippen LogP contribution in [0.25, 0.3) is 17.0 Å². The number of carbonyl (C=O) groups excluding carboxylic acids is 1. The lowest BCUT2D eigenvalue weighted by atomic mass is 10.2. The van der Waals surface area contributed by atoms with E-state index in [-0.39, 0.29) is 4.90 Å². The van der Waals surface area contributed by atoms with E-state index in [1.54, 1.807) is 24.4 Å². The Morgan fingerprint density at radius 1 is 1.14 bits per heavy atom. The Bertz CT molecular complexity index is 1130. The first kappa shape index (κ1) is 19.8. The maximum absolute atomic E-state index is 13.2. The number of fused-ring (bicyclic) bond motifs is 1. The first-order valence-corrected chi connectivity index (χ1v) is 9.98. The Hall–Kier alpha value is -2.94. The van der Waals surface area contributed by atoms with E-state index in [9.17, 15) is 13.2 Å².